The Bertz CT molecular complexity index is 1740. The number of nitrogens with two attached hydrogens (primary N) is 1. The number of pyridine rings is 1. The normalized spacial score (nSPS) is 16.8. The zero-order chi connectivity index (χ0) is 27.2. The van der Waals surface area contributed by atoms with Gasteiger partial charge in [-0.1, -0.05) is 79.2 Å². The standard InChI is InChI=1S/C29H29N3O5S/c1-3-14-31-17-24(29(34)35)32-27(33)26(30)23(16-20-11-7-10-19-9-4-5-13-22(19)20)25(28(32)38(31,36)37)21-12-6-8-18(2)15-21/h4-13,15,24H,3,14,16-17,30H2,1-2H3,(H,34,35). The second-order valence-electron chi connectivity index (χ2n) is 9.65. The molecule has 1 aliphatic rings. The van der Waals surface area contributed by atoms with Crippen LogP contribution in [0.3, 0.4) is 0 Å². The number of aliphatic carboxylic acids is 1. The molecular formula is C29H29N3O5S. The third-order valence-electron chi connectivity index (χ3n) is 7.09. The van der Waals surface area contributed by atoms with Crippen molar-refractivity contribution in [3.8, 4) is 11.1 Å². The van der Waals surface area contributed by atoms with E-state index in [9.17, 15) is 23.1 Å². The average Bonchev–Trinajstić information content (AvgIpc) is 2.89. The Balaban J connectivity index is 1.91. The summed E-state index contributed by atoms with van der Waals surface area (Å²) in [5.74, 6) is -1.29. The molecule has 38 heavy (non-hydrogen) atoms. The fourth-order valence-corrected chi connectivity index (χ4v) is 7.30. The number of nitrogens with zero attached hydrogens (tertiary/aromatic N) is 2. The number of hydrogen-bond acceptors (Lipinski definition) is 5. The highest BCUT2D eigenvalue weighted by molar-refractivity contribution is 7.89. The lowest BCUT2D eigenvalue weighted by atomic mass is 9.92. The number of anilines is 1. The van der Waals surface area contributed by atoms with E-state index >= 15 is 0 Å². The van der Waals surface area contributed by atoms with Gasteiger partial charge in [-0.25, -0.2) is 13.2 Å². The molecule has 0 saturated carbocycles. The van der Waals surface area contributed by atoms with Crippen LogP contribution in [0, 0.1) is 6.92 Å². The Morgan fingerprint density at radius 3 is 2.50 bits per heavy atom. The van der Waals surface area contributed by atoms with Crippen molar-refractivity contribution in [1.29, 1.82) is 0 Å². The van der Waals surface area contributed by atoms with Crippen molar-refractivity contribution in [2.24, 2.45) is 0 Å². The molecule has 0 saturated heterocycles. The van der Waals surface area contributed by atoms with Gasteiger partial charge in [-0.15, -0.1) is 0 Å². The second-order valence-corrected chi connectivity index (χ2v) is 11.5. The number of carbonyl (C=O) groups is 1. The number of sulfonamides is 1. The molecule has 3 aromatic carbocycles. The van der Waals surface area contributed by atoms with Crippen molar-refractivity contribution in [2.45, 2.75) is 37.8 Å². The van der Waals surface area contributed by atoms with E-state index in [1.807, 2.05) is 68.4 Å². The number of benzene rings is 3. The van der Waals surface area contributed by atoms with E-state index in [1.54, 1.807) is 12.1 Å². The van der Waals surface area contributed by atoms with Gasteiger partial charge < -0.3 is 10.8 Å². The first-order valence-corrected chi connectivity index (χ1v) is 13.9. The molecule has 3 N–H and O–H groups in total. The van der Waals surface area contributed by atoms with Crippen molar-refractivity contribution in [1.82, 2.24) is 8.87 Å². The van der Waals surface area contributed by atoms with Gasteiger partial charge in [0.05, 0.1) is 0 Å². The van der Waals surface area contributed by atoms with E-state index in [0.29, 0.717) is 17.5 Å². The lowest BCUT2D eigenvalue weighted by Crippen LogP contribution is -2.50. The van der Waals surface area contributed by atoms with E-state index in [1.165, 1.54) is 0 Å². The van der Waals surface area contributed by atoms with Gasteiger partial charge in [0.1, 0.15) is 11.7 Å². The minimum atomic E-state index is -4.22. The fourth-order valence-electron chi connectivity index (χ4n) is 5.33. The molecule has 196 valence electrons. The third kappa shape index (κ3) is 4.17. The summed E-state index contributed by atoms with van der Waals surface area (Å²) >= 11 is 0. The van der Waals surface area contributed by atoms with Gasteiger partial charge in [0.25, 0.3) is 15.6 Å². The van der Waals surface area contributed by atoms with E-state index in [2.05, 4.69) is 0 Å². The van der Waals surface area contributed by atoms with Crippen LogP contribution in [-0.4, -0.2) is 41.5 Å². The molecule has 1 aliphatic heterocycles. The Hall–Kier alpha value is -3.95. The first-order valence-electron chi connectivity index (χ1n) is 12.5. The first-order chi connectivity index (χ1) is 18.1. The number of fused-ring (bicyclic) bond motifs is 2. The largest absolute Gasteiger partial charge is 0.480 e. The Morgan fingerprint density at radius 1 is 1.08 bits per heavy atom. The molecule has 0 aliphatic carbocycles. The van der Waals surface area contributed by atoms with Crippen molar-refractivity contribution in [2.75, 3.05) is 18.8 Å². The van der Waals surface area contributed by atoms with Crippen LogP contribution < -0.4 is 11.3 Å². The first kappa shape index (κ1) is 25.7. The maximum atomic E-state index is 14.1. The highest BCUT2D eigenvalue weighted by Gasteiger charge is 2.43. The molecule has 1 atom stereocenters. The Morgan fingerprint density at radius 2 is 1.79 bits per heavy atom. The molecule has 1 unspecified atom stereocenters. The predicted octanol–water partition coefficient (Wildman–Crippen LogP) is 4.19. The van der Waals surface area contributed by atoms with Gasteiger partial charge >= 0.3 is 5.97 Å². The van der Waals surface area contributed by atoms with Gasteiger partial charge in [-0.05, 0) is 40.8 Å². The Labute approximate surface area is 221 Å². The van der Waals surface area contributed by atoms with E-state index < -0.39 is 27.6 Å². The quantitative estimate of drug-likeness (QED) is 0.385. The zero-order valence-corrected chi connectivity index (χ0v) is 22.0. The molecule has 0 amide bonds. The highest BCUT2D eigenvalue weighted by atomic mass is 32.2. The van der Waals surface area contributed by atoms with Gasteiger partial charge in [0, 0.05) is 25.1 Å². The lowest BCUT2D eigenvalue weighted by Gasteiger charge is -2.35. The summed E-state index contributed by atoms with van der Waals surface area (Å²) in [6.07, 6.45) is 0.688. The van der Waals surface area contributed by atoms with Crippen molar-refractivity contribution >= 4 is 32.5 Å². The number of aromatic nitrogens is 1. The molecule has 0 bridgehead atoms. The molecule has 2 heterocycles. The molecule has 9 heteroatoms. The molecule has 0 radical (unpaired) electrons. The summed E-state index contributed by atoms with van der Waals surface area (Å²) in [6.45, 7) is 3.50. The van der Waals surface area contributed by atoms with Gasteiger partial charge in [0.2, 0.25) is 0 Å². The van der Waals surface area contributed by atoms with Crippen LogP contribution in [-0.2, 0) is 21.2 Å². The van der Waals surface area contributed by atoms with Crippen LogP contribution in [0.4, 0.5) is 5.69 Å². The molecular weight excluding hydrogens is 502 g/mol. The summed E-state index contributed by atoms with van der Waals surface area (Å²) in [5.41, 5.74) is 8.49. The maximum Gasteiger partial charge on any atom is 0.328 e. The van der Waals surface area contributed by atoms with Crippen molar-refractivity contribution in [3.63, 3.8) is 0 Å². The summed E-state index contributed by atoms with van der Waals surface area (Å²) in [4.78, 5) is 26.0. The SMILES string of the molecule is CCCN1CC(C(=O)O)n2c(c(-c3cccc(C)c3)c(Cc3cccc4ccccc34)c(N)c2=O)S1(=O)=O. The van der Waals surface area contributed by atoms with Crippen molar-refractivity contribution in [3.05, 3.63) is 93.8 Å². The summed E-state index contributed by atoms with van der Waals surface area (Å²) in [5, 5.41) is 11.7. The fraction of sp³-hybridized carbons (Fsp3) is 0.241. The summed E-state index contributed by atoms with van der Waals surface area (Å²) in [6, 6.07) is 19.5. The number of nitrogen functional groups attached to an aromatic ring is 1. The van der Waals surface area contributed by atoms with Crippen LogP contribution in [0.25, 0.3) is 21.9 Å². The smallest absolute Gasteiger partial charge is 0.328 e. The number of aryl methyl sites for hydroxylation is 1. The van der Waals surface area contributed by atoms with Crippen LogP contribution in [0.2, 0.25) is 0 Å². The number of hydrogen-bond donors (Lipinski definition) is 2. The van der Waals surface area contributed by atoms with Crippen molar-refractivity contribution < 1.29 is 18.3 Å². The summed E-state index contributed by atoms with van der Waals surface area (Å²) < 4.78 is 30.2. The highest BCUT2D eigenvalue weighted by Crippen LogP contribution is 2.40. The van der Waals surface area contributed by atoms with Gasteiger partial charge in [-0.2, -0.15) is 4.31 Å². The van der Waals surface area contributed by atoms with Gasteiger partial charge in [0.15, 0.2) is 5.03 Å². The maximum absolute atomic E-state index is 14.1. The number of carboxylic acid groups (broad SMARTS) is 1. The van der Waals surface area contributed by atoms with E-state index in [-0.39, 0.29) is 35.8 Å². The second kappa shape index (κ2) is 9.74. The number of carboxylic acids is 1. The predicted molar refractivity (Wildman–Crippen MR) is 148 cm³/mol. The summed E-state index contributed by atoms with van der Waals surface area (Å²) in [7, 11) is -4.22. The lowest BCUT2D eigenvalue weighted by molar-refractivity contribution is -0.141. The molecule has 5 rings (SSSR count). The molecule has 1 aromatic heterocycles. The topological polar surface area (TPSA) is 123 Å². The molecule has 0 spiro atoms. The number of rotatable bonds is 6. The van der Waals surface area contributed by atoms with Crippen LogP contribution >= 0.6 is 0 Å². The molecule has 8 nitrogen and oxygen atoms in total. The zero-order valence-electron chi connectivity index (χ0n) is 21.2. The molecule has 0 fully saturated rings. The third-order valence-corrected chi connectivity index (χ3v) is 8.99. The monoisotopic (exact) mass is 531 g/mol. The Kier molecular flexibility index (Phi) is 6.58. The molecule has 4 aromatic rings. The minimum absolute atomic E-state index is 0.136. The van der Waals surface area contributed by atoms with Crippen LogP contribution in [0.1, 0.15) is 36.1 Å². The van der Waals surface area contributed by atoms with E-state index in [0.717, 1.165) is 30.8 Å². The van der Waals surface area contributed by atoms with Crippen LogP contribution in [0.15, 0.2) is 76.6 Å². The van der Waals surface area contributed by atoms with E-state index in [4.69, 9.17) is 5.73 Å². The van der Waals surface area contributed by atoms with Gasteiger partial charge in [-0.3, -0.25) is 9.36 Å². The van der Waals surface area contributed by atoms with Crippen LogP contribution in [0.5, 0.6) is 0 Å². The average molecular weight is 532 g/mol. The minimum Gasteiger partial charge on any atom is -0.480 e.